The SMILES string of the molecule is CC(=O)c1nn(CC(=O)N2[C@@H](C(=O)Nc3nc(Br)ccc3C)C[C@@]3(Cn4cnc(C)c4)C[C@@H]23)c2ccc(-c3cnc(C)nc3)cc12. The molecule has 5 heterocycles. The number of amides is 2. The van der Waals surface area contributed by atoms with E-state index in [9.17, 15) is 14.4 Å². The Kier molecular flexibility index (Phi) is 7.30. The summed E-state index contributed by atoms with van der Waals surface area (Å²) in [5, 5.41) is 8.21. The lowest BCUT2D eigenvalue weighted by molar-refractivity contribution is -0.138. The van der Waals surface area contributed by atoms with Gasteiger partial charge in [-0.05, 0) is 78.9 Å². The predicted molar refractivity (Wildman–Crippen MR) is 174 cm³/mol. The number of aromatic nitrogens is 7. The van der Waals surface area contributed by atoms with Crippen LogP contribution in [0.4, 0.5) is 5.82 Å². The molecule has 5 aromatic rings. The highest BCUT2D eigenvalue weighted by Crippen LogP contribution is 2.60. The van der Waals surface area contributed by atoms with Gasteiger partial charge in [-0.25, -0.2) is 19.9 Å². The van der Waals surface area contributed by atoms with E-state index in [1.54, 1.807) is 28.3 Å². The summed E-state index contributed by atoms with van der Waals surface area (Å²) in [6.07, 6.45) is 8.55. The van der Waals surface area contributed by atoms with Crippen LogP contribution in [0, 0.1) is 26.2 Å². The van der Waals surface area contributed by atoms with Crippen LogP contribution in [0.25, 0.3) is 22.0 Å². The van der Waals surface area contributed by atoms with Gasteiger partial charge < -0.3 is 14.8 Å². The molecule has 4 aromatic heterocycles. The zero-order chi connectivity index (χ0) is 32.3. The number of ketones is 1. The third-order valence-corrected chi connectivity index (χ3v) is 9.50. The van der Waals surface area contributed by atoms with Crippen molar-refractivity contribution < 1.29 is 14.4 Å². The number of halogens is 1. The lowest BCUT2D eigenvalue weighted by Crippen LogP contribution is -2.47. The standard InChI is InChI=1S/C33H32BrN9O3/c1-18-5-8-28(34)38-31(18)39-32(46)26-10-33(16-41-14-19(2)37-17-41)11-27(33)43(26)29(45)15-42-25-7-6-22(23-12-35-21(4)36-13-23)9-24(25)30(40-42)20(3)44/h5-9,12-14,17,26-27H,10-11,15-16H2,1-4H3,(H,38,39,46)/t26-,27-,33+/m1/s1. The van der Waals surface area contributed by atoms with E-state index >= 15 is 0 Å². The number of hydrogen-bond acceptors (Lipinski definition) is 8. The Labute approximate surface area is 273 Å². The molecule has 1 aliphatic heterocycles. The molecule has 2 aliphatic rings. The number of rotatable bonds is 8. The fraction of sp³-hybridized carbons (Fsp3) is 0.333. The number of piperidine rings is 1. The second kappa shape index (κ2) is 11.2. The number of carbonyl (C=O) groups is 3. The van der Waals surface area contributed by atoms with Crippen molar-refractivity contribution in [3.63, 3.8) is 0 Å². The summed E-state index contributed by atoms with van der Waals surface area (Å²) in [5.74, 6) is 0.388. The molecule has 7 rings (SSSR count). The van der Waals surface area contributed by atoms with Crippen LogP contribution < -0.4 is 5.32 Å². The molecular formula is C33H32BrN9O3. The second-order valence-electron chi connectivity index (χ2n) is 12.4. The molecule has 0 bridgehead atoms. The zero-order valence-corrected chi connectivity index (χ0v) is 27.4. The van der Waals surface area contributed by atoms with E-state index in [1.165, 1.54) is 6.92 Å². The number of Topliss-reactive ketones (excluding diaryl/α,β-unsaturated/α-hetero) is 1. The number of aryl methyl sites for hydroxylation is 3. The Morgan fingerprint density at radius 3 is 2.52 bits per heavy atom. The fourth-order valence-corrected chi connectivity index (χ4v) is 6.99. The lowest BCUT2D eigenvalue weighted by atomic mass is 9.99. The molecule has 2 fully saturated rings. The topological polar surface area (TPSA) is 141 Å². The Morgan fingerprint density at radius 2 is 1.80 bits per heavy atom. The number of nitrogens with one attached hydrogen (secondary N) is 1. The van der Waals surface area contributed by atoms with Gasteiger partial charge in [0, 0.05) is 54.5 Å². The van der Waals surface area contributed by atoms with Crippen LogP contribution in [0.3, 0.4) is 0 Å². The molecule has 1 saturated carbocycles. The highest BCUT2D eigenvalue weighted by molar-refractivity contribution is 9.10. The summed E-state index contributed by atoms with van der Waals surface area (Å²) < 4.78 is 4.21. The number of anilines is 1. The van der Waals surface area contributed by atoms with E-state index in [0.29, 0.717) is 40.1 Å². The van der Waals surface area contributed by atoms with Crippen LogP contribution >= 0.6 is 15.9 Å². The summed E-state index contributed by atoms with van der Waals surface area (Å²) in [5.41, 5.74) is 4.07. The minimum atomic E-state index is -0.696. The van der Waals surface area contributed by atoms with E-state index < -0.39 is 6.04 Å². The minimum Gasteiger partial charge on any atom is -0.337 e. The van der Waals surface area contributed by atoms with Crippen LogP contribution in [0.5, 0.6) is 0 Å². The summed E-state index contributed by atoms with van der Waals surface area (Å²) in [6, 6.07) is 8.52. The van der Waals surface area contributed by atoms with Crippen LogP contribution in [0.1, 0.15) is 47.3 Å². The number of imidazole rings is 1. The maximum atomic E-state index is 14.2. The van der Waals surface area contributed by atoms with Gasteiger partial charge in [-0.3, -0.25) is 19.1 Å². The number of carbonyl (C=O) groups excluding carboxylic acids is 3. The molecule has 1 saturated heterocycles. The highest BCUT2D eigenvalue weighted by Gasteiger charge is 2.67. The number of hydrogen-bond donors (Lipinski definition) is 1. The van der Waals surface area contributed by atoms with E-state index in [1.807, 2.05) is 61.9 Å². The van der Waals surface area contributed by atoms with Gasteiger partial charge in [-0.1, -0.05) is 12.1 Å². The highest BCUT2D eigenvalue weighted by atomic mass is 79.9. The van der Waals surface area contributed by atoms with E-state index in [0.717, 1.165) is 28.8 Å². The zero-order valence-electron chi connectivity index (χ0n) is 25.9. The molecule has 1 aromatic carbocycles. The predicted octanol–water partition coefficient (Wildman–Crippen LogP) is 4.67. The molecule has 12 nitrogen and oxygen atoms in total. The monoisotopic (exact) mass is 681 g/mol. The van der Waals surface area contributed by atoms with Gasteiger partial charge >= 0.3 is 0 Å². The Bertz CT molecular complexity index is 2040. The average Bonchev–Trinajstić information content (AvgIpc) is 3.27. The molecule has 0 radical (unpaired) electrons. The molecule has 3 atom stereocenters. The molecule has 1 aliphatic carbocycles. The van der Waals surface area contributed by atoms with Gasteiger partial charge in [0.25, 0.3) is 0 Å². The van der Waals surface area contributed by atoms with E-state index in [2.05, 4.69) is 46.3 Å². The first kappa shape index (κ1) is 29.9. The molecule has 2 amide bonds. The van der Waals surface area contributed by atoms with E-state index in [4.69, 9.17) is 0 Å². The van der Waals surface area contributed by atoms with Gasteiger partial charge in [-0.15, -0.1) is 0 Å². The lowest BCUT2D eigenvalue weighted by Gasteiger charge is -2.27. The molecule has 234 valence electrons. The summed E-state index contributed by atoms with van der Waals surface area (Å²) in [4.78, 5) is 59.9. The maximum Gasteiger partial charge on any atom is 0.248 e. The molecular weight excluding hydrogens is 650 g/mol. The average molecular weight is 683 g/mol. The van der Waals surface area contributed by atoms with Crippen molar-refractivity contribution >= 4 is 50.2 Å². The third kappa shape index (κ3) is 5.38. The number of pyridine rings is 1. The first-order valence-electron chi connectivity index (χ1n) is 15.1. The molecule has 13 heteroatoms. The van der Waals surface area contributed by atoms with Gasteiger partial charge in [0.1, 0.15) is 34.5 Å². The number of fused-ring (bicyclic) bond motifs is 2. The first-order valence-corrected chi connectivity index (χ1v) is 15.8. The normalized spacial score (nSPS) is 20.2. The number of benzene rings is 1. The third-order valence-electron chi connectivity index (χ3n) is 9.06. The second-order valence-corrected chi connectivity index (χ2v) is 13.2. The van der Waals surface area contributed by atoms with Gasteiger partial charge in [-0.2, -0.15) is 5.10 Å². The molecule has 0 spiro atoms. The quantitative estimate of drug-likeness (QED) is 0.184. The Hall–Kier alpha value is -4.78. The fourth-order valence-electron chi connectivity index (χ4n) is 6.68. The van der Waals surface area contributed by atoms with Crippen molar-refractivity contribution in [2.75, 3.05) is 5.32 Å². The number of likely N-dealkylation sites (tertiary alicyclic amines) is 1. The van der Waals surface area contributed by atoms with Gasteiger partial charge in [0.05, 0.1) is 17.5 Å². The Balaban J connectivity index is 1.20. The summed E-state index contributed by atoms with van der Waals surface area (Å²) in [7, 11) is 0. The van der Waals surface area contributed by atoms with Crippen molar-refractivity contribution in [1.29, 1.82) is 0 Å². The van der Waals surface area contributed by atoms with Crippen LogP contribution in [-0.2, 0) is 22.7 Å². The van der Waals surface area contributed by atoms with Crippen LogP contribution in [-0.4, -0.2) is 68.9 Å². The van der Waals surface area contributed by atoms with E-state index in [-0.39, 0.29) is 41.3 Å². The molecule has 1 N–H and O–H groups in total. The van der Waals surface area contributed by atoms with Crippen molar-refractivity contribution in [2.24, 2.45) is 5.41 Å². The minimum absolute atomic E-state index is 0.114. The number of nitrogens with zero attached hydrogens (tertiary/aromatic N) is 8. The summed E-state index contributed by atoms with van der Waals surface area (Å²) in [6.45, 7) is 7.63. The van der Waals surface area contributed by atoms with Gasteiger partial charge in [0.2, 0.25) is 11.8 Å². The van der Waals surface area contributed by atoms with Crippen LogP contribution in [0.2, 0.25) is 0 Å². The van der Waals surface area contributed by atoms with Crippen molar-refractivity contribution in [3.8, 4) is 11.1 Å². The largest absolute Gasteiger partial charge is 0.337 e. The molecule has 0 unspecified atom stereocenters. The maximum absolute atomic E-state index is 14.2. The van der Waals surface area contributed by atoms with Crippen molar-refractivity contribution in [3.05, 3.63) is 82.6 Å². The Morgan fingerprint density at radius 1 is 1.02 bits per heavy atom. The first-order chi connectivity index (χ1) is 22.0. The smallest absolute Gasteiger partial charge is 0.248 e. The van der Waals surface area contributed by atoms with Crippen molar-refractivity contribution in [2.45, 2.75) is 65.7 Å². The van der Waals surface area contributed by atoms with Crippen molar-refractivity contribution in [1.82, 2.24) is 39.2 Å². The molecule has 46 heavy (non-hydrogen) atoms. The van der Waals surface area contributed by atoms with Gasteiger partial charge in [0.15, 0.2) is 5.78 Å². The van der Waals surface area contributed by atoms with Crippen LogP contribution in [0.15, 0.2) is 59.9 Å². The summed E-state index contributed by atoms with van der Waals surface area (Å²) >= 11 is 3.38.